The van der Waals surface area contributed by atoms with Crippen molar-refractivity contribution in [1.29, 1.82) is 0 Å². The highest BCUT2D eigenvalue weighted by atomic mass is 19.1. The highest BCUT2D eigenvalue weighted by molar-refractivity contribution is 5.81. The lowest BCUT2D eigenvalue weighted by Gasteiger charge is -2.16. The molecule has 130 valence electrons. The number of halogens is 1. The number of carbonyl (C=O) groups is 2. The molecule has 1 amide bonds. The molecule has 25 heavy (non-hydrogen) atoms. The minimum absolute atomic E-state index is 0.125. The van der Waals surface area contributed by atoms with Crippen molar-refractivity contribution in [3.8, 4) is 5.75 Å². The van der Waals surface area contributed by atoms with Gasteiger partial charge >= 0.3 is 5.97 Å². The zero-order chi connectivity index (χ0) is 18.0. The standard InChI is InChI=1S/C19H18FNO4/c20-14-5-3-13(4-6-14)16-10-21(11-17(16)19(24)25)18(23)9-12-1-7-15(22)8-2-12/h1-8,16-17,22H,9-11H2,(H,24,25)/t16-,17+/m1/s1. The zero-order valence-corrected chi connectivity index (χ0v) is 13.4. The topological polar surface area (TPSA) is 77.8 Å². The summed E-state index contributed by atoms with van der Waals surface area (Å²) < 4.78 is 13.1. The number of carbonyl (C=O) groups excluding carboxylic acids is 1. The third-order valence-electron chi connectivity index (χ3n) is 4.58. The average molecular weight is 343 g/mol. The van der Waals surface area contributed by atoms with E-state index in [1.807, 2.05) is 0 Å². The van der Waals surface area contributed by atoms with Crippen molar-refractivity contribution in [2.24, 2.45) is 5.92 Å². The lowest BCUT2D eigenvalue weighted by molar-refractivity contribution is -0.141. The molecule has 2 N–H and O–H groups in total. The predicted molar refractivity (Wildman–Crippen MR) is 88.7 cm³/mol. The van der Waals surface area contributed by atoms with E-state index in [0.29, 0.717) is 12.1 Å². The molecule has 0 saturated carbocycles. The number of likely N-dealkylation sites (tertiary alicyclic amines) is 1. The molecule has 0 radical (unpaired) electrons. The van der Waals surface area contributed by atoms with Gasteiger partial charge in [0.05, 0.1) is 12.3 Å². The number of phenolic OH excluding ortho intramolecular Hbond substituents is 1. The summed E-state index contributed by atoms with van der Waals surface area (Å²) >= 11 is 0. The van der Waals surface area contributed by atoms with Crippen molar-refractivity contribution in [2.45, 2.75) is 12.3 Å². The fourth-order valence-electron chi connectivity index (χ4n) is 3.21. The highest BCUT2D eigenvalue weighted by Crippen LogP contribution is 2.33. The van der Waals surface area contributed by atoms with E-state index >= 15 is 0 Å². The summed E-state index contributed by atoms with van der Waals surface area (Å²) in [5.41, 5.74) is 1.47. The molecule has 0 unspecified atom stereocenters. The molecule has 2 aromatic rings. The number of phenols is 1. The summed E-state index contributed by atoms with van der Waals surface area (Å²) in [5.74, 6) is -2.46. The molecule has 1 saturated heterocycles. The van der Waals surface area contributed by atoms with Gasteiger partial charge in [-0.25, -0.2) is 4.39 Å². The first-order valence-corrected chi connectivity index (χ1v) is 7.98. The number of aromatic hydroxyl groups is 1. The smallest absolute Gasteiger partial charge is 0.308 e. The van der Waals surface area contributed by atoms with Gasteiger partial charge in [0.1, 0.15) is 11.6 Å². The molecule has 5 nitrogen and oxygen atoms in total. The van der Waals surface area contributed by atoms with E-state index in [4.69, 9.17) is 0 Å². The number of rotatable bonds is 4. The Morgan fingerprint density at radius 1 is 1.04 bits per heavy atom. The average Bonchev–Trinajstić information content (AvgIpc) is 3.03. The van der Waals surface area contributed by atoms with Crippen molar-refractivity contribution in [3.63, 3.8) is 0 Å². The Kier molecular flexibility index (Phi) is 4.70. The molecule has 0 spiro atoms. The van der Waals surface area contributed by atoms with E-state index in [9.17, 15) is 24.2 Å². The Bertz CT molecular complexity index is 773. The Hall–Kier alpha value is -2.89. The van der Waals surface area contributed by atoms with E-state index in [0.717, 1.165) is 5.56 Å². The van der Waals surface area contributed by atoms with Crippen LogP contribution in [0.1, 0.15) is 17.0 Å². The maximum atomic E-state index is 13.1. The van der Waals surface area contributed by atoms with Crippen molar-refractivity contribution < 1.29 is 24.2 Å². The third kappa shape index (κ3) is 3.79. The number of benzene rings is 2. The van der Waals surface area contributed by atoms with E-state index in [2.05, 4.69) is 0 Å². The monoisotopic (exact) mass is 343 g/mol. The summed E-state index contributed by atoms with van der Waals surface area (Å²) in [5, 5.41) is 18.8. The second-order valence-corrected chi connectivity index (χ2v) is 6.24. The Balaban J connectivity index is 1.75. The molecule has 3 rings (SSSR count). The van der Waals surface area contributed by atoms with Gasteiger partial charge in [-0.3, -0.25) is 9.59 Å². The second-order valence-electron chi connectivity index (χ2n) is 6.24. The second kappa shape index (κ2) is 6.93. The maximum Gasteiger partial charge on any atom is 0.308 e. The quantitative estimate of drug-likeness (QED) is 0.894. The number of amides is 1. The highest BCUT2D eigenvalue weighted by Gasteiger charge is 2.40. The van der Waals surface area contributed by atoms with Crippen LogP contribution in [-0.2, 0) is 16.0 Å². The van der Waals surface area contributed by atoms with Crippen molar-refractivity contribution >= 4 is 11.9 Å². The minimum Gasteiger partial charge on any atom is -0.508 e. The predicted octanol–water partition coefficient (Wildman–Crippen LogP) is 2.40. The maximum absolute atomic E-state index is 13.1. The molecule has 1 fully saturated rings. The van der Waals surface area contributed by atoms with Crippen LogP contribution in [0.25, 0.3) is 0 Å². The molecule has 0 aliphatic carbocycles. The molecule has 1 aliphatic rings. The van der Waals surface area contributed by atoms with Crippen molar-refractivity contribution in [2.75, 3.05) is 13.1 Å². The molecule has 1 aliphatic heterocycles. The van der Waals surface area contributed by atoms with Crippen LogP contribution in [0.2, 0.25) is 0 Å². The van der Waals surface area contributed by atoms with Gasteiger partial charge in [-0.1, -0.05) is 24.3 Å². The number of hydrogen-bond acceptors (Lipinski definition) is 3. The van der Waals surface area contributed by atoms with Gasteiger partial charge in [0.15, 0.2) is 0 Å². The van der Waals surface area contributed by atoms with Crippen LogP contribution in [-0.4, -0.2) is 40.1 Å². The molecule has 1 heterocycles. The van der Waals surface area contributed by atoms with Gasteiger partial charge < -0.3 is 15.1 Å². The van der Waals surface area contributed by atoms with Crippen LogP contribution in [0.15, 0.2) is 48.5 Å². The molecule has 2 aromatic carbocycles. The fraction of sp³-hybridized carbons (Fsp3) is 0.263. The van der Waals surface area contributed by atoms with Crippen LogP contribution in [0.5, 0.6) is 5.75 Å². The Morgan fingerprint density at radius 3 is 2.28 bits per heavy atom. The number of carboxylic acid groups (broad SMARTS) is 1. The lowest BCUT2D eigenvalue weighted by Crippen LogP contribution is -2.31. The van der Waals surface area contributed by atoms with E-state index in [1.165, 1.54) is 24.3 Å². The van der Waals surface area contributed by atoms with E-state index in [-0.39, 0.29) is 36.4 Å². The van der Waals surface area contributed by atoms with Crippen molar-refractivity contribution in [1.82, 2.24) is 4.90 Å². The third-order valence-corrected chi connectivity index (χ3v) is 4.58. The van der Waals surface area contributed by atoms with Gasteiger partial charge in [-0.2, -0.15) is 0 Å². The van der Waals surface area contributed by atoms with Gasteiger partial charge in [0, 0.05) is 19.0 Å². The van der Waals surface area contributed by atoms with Crippen LogP contribution in [0, 0.1) is 11.7 Å². The first-order valence-electron chi connectivity index (χ1n) is 7.98. The molecule has 0 aromatic heterocycles. The summed E-state index contributed by atoms with van der Waals surface area (Å²) in [6.45, 7) is 0.424. The number of aliphatic carboxylic acids is 1. The lowest BCUT2D eigenvalue weighted by atomic mass is 9.89. The van der Waals surface area contributed by atoms with E-state index in [1.54, 1.807) is 29.2 Å². The molecule has 2 atom stereocenters. The normalized spacial score (nSPS) is 19.8. The molecule has 0 bridgehead atoms. The SMILES string of the molecule is O=C(O)[C@H]1CN(C(=O)Cc2ccc(O)cc2)C[C@@H]1c1ccc(F)cc1. The molecule has 6 heteroatoms. The van der Waals surface area contributed by atoms with Gasteiger partial charge in [-0.15, -0.1) is 0 Å². The Morgan fingerprint density at radius 2 is 1.68 bits per heavy atom. The van der Waals surface area contributed by atoms with Crippen LogP contribution in [0.4, 0.5) is 4.39 Å². The summed E-state index contributed by atoms with van der Waals surface area (Å²) in [6, 6.07) is 12.1. The first-order chi connectivity index (χ1) is 11.9. The summed E-state index contributed by atoms with van der Waals surface area (Å²) in [4.78, 5) is 25.6. The van der Waals surface area contributed by atoms with Gasteiger partial charge in [0.2, 0.25) is 5.91 Å². The van der Waals surface area contributed by atoms with Crippen LogP contribution in [0.3, 0.4) is 0 Å². The zero-order valence-electron chi connectivity index (χ0n) is 13.4. The Labute approximate surface area is 144 Å². The summed E-state index contributed by atoms with van der Waals surface area (Å²) in [6.07, 6.45) is 0.142. The minimum atomic E-state index is -0.964. The van der Waals surface area contributed by atoms with E-state index < -0.39 is 11.9 Å². The largest absolute Gasteiger partial charge is 0.508 e. The fourth-order valence-corrected chi connectivity index (χ4v) is 3.21. The number of nitrogens with zero attached hydrogens (tertiary/aromatic N) is 1. The van der Waals surface area contributed by atoms with Crippen molar-refractivity contribution in [3.05, 3.63) is 65.5 Å². The number of hydrogen-bond donors (Lipinski definition) is 2. The van der Waals surface area contributed by atoms with Gasteiger partial charge in [-0.05, 0) is 35.4 Å². The van der Waals surface area contributed by atoms with Crippen LogP contribution < -0.4 is 0 Å². The molecular weight excluding hydrogens is 325 g/mol. The number of carboxylic acids is 1. The summed E-state index contributed by atoms with van der Waals surface area (Å²) in [7, 11) is 0. The van der Waals surface area contributed by atoms with Crippen LogP contribution >= 0.6 is 0 Å². The molecular formula is C19H18FNO4. The first kappa shape index (κ1) is 17.0. The van der Waals surface area contributed by atoms with Gasteiger partial charge in [0.25, 0.3) is 0 Å².